The molecule has 0 heterocycles. The van der Waals surface area contributed by atoms with E-state index < -0.39 is 0 Å². The highest BCUT2D eigenvalue weighted by Gasteiger charge is 1.92. The van der Waals surface area contributed by atoms with Gasteiger partial charge in [-0.2, -0.15) is 10.2 Å². The van der Waals surface area contributed by atoms with Gasteiger partial charge in [0.15, 0.2) is 0 Å². The number of nitroso groups, excluding NO2 is 1. The number of hydrogen-bond donors (Lipinski definition) is 0. The lowest BCUT2D eigenvalue weighted by atomic mass is 10.3. The zero-order valence-electron chi connectivity index (χ0n) is 8.45. The maximum absolute atomic E-state index is 10.2. The summed E-state index contributed by atoms with van der Waals surface area (Å²) in [4.78, 5) is 10.2. The van der Waals surface area contributed by atoms with Crippen molar-refractivity contribution in [3.63, 3.8) is 0 Å². The summed E-state index contributed by atoms with van der Waals surface area (Å²) in [6, 6.07) is 16.0. The van der Waals surface area contributed by atoms with Crippen LogP contribution in [0.5, 0.6) is 0 Å². The molecule has 0 aromatic heterocycles. The van der Waals surface area contributed by atoms with E-state index in [1.807, 2.05) is 30.3 Å². The molecule has 0 aliphatic heterocycles. The molecule has 78 valence electrons. The van der Waals surface area contributed by atoms with E-state index in [9.17, 15) is 4.91 Å². The standard InChI is InChI=1S/C12H9N3O/c16-15-12-8-6-11(7-9-12)14-13-10-4-2-1-3-5-10/h1-9H. The average molecular weight is 211 g/mol. The van der Waals surface area contributed by atoms with Crippen molar-refractivity contribution in [1.29, 1.82) is 0 Å². The molecular formula is C12H9N3O. The second-order valence-corrected chi connectivity index (χ2v) is 3.14. The van der Waals surface area contributed by atoms with Gasteiger partial charge in [-0.1, -0.05) is 18.2 Å². The lowest BCUT2D eigenvalue weighted by molar-refractivity contribution is 1.23. The number of rotatable bonds is 3. The van der Waals surface area contributed by atoms with Crippen molar-refractivity contribution in [2.24, 2.45) is 15.4 Å². The highest BCUT2D eigenvalue weighted by molar-refractivity contribution is 5.47. The number of hydrogen-bond acceptors (Lipinski definition) is 4. The average Bonchev–Trinajstić information content (AvgIpc) is 2.38. The first kappa shape index (κ1) is 10.2. The van der Waals surface area contributed by atoms with Crippen LogP contribution in [0.3, 0.4) is 0 Å². The first-order chi connectivity index (χ1) is 7.88. The molecule has 0 aliphatic rings. The minimum atomic E-state index is 0.388. The summed E-state index contributed by atoms with van der Waals surface area (Å²) in [6.45, 7) is 0. The van der Waals surface area contributed by atoms with Crippen LogP contribution in [0, 0.1) is 4.91 Å². The predicted molar refractivity (Wildman–Crippen MR) is 62.5 cm³/mol. The number of benzene rings is 2. The predicted octanol–water partition coefficient (Wildman–Crippen LogP) is 4.50. The Balaban J connectivity index is 2.14. The van der Waals surface area contributed by atoms with Gasteiger partial charge in [0.2, 0.25) is 0 Å². The molecule has 0 amide bonds. The molecular weight excluding hydrogens is 202 g/mol. The first-order valence-corrected chi connectivity index (χ1v) is 4.79. The SMILES string of the molecule is O=Nc1ccc(N=Nc2ccccc2)cc1. The maximum Gasteiger partial charge on any atom is 0.108 e. The van der Waals surface area contributed by atoms with Gasteiger partial charge in [0.1, 0.15) is 5.69 Å². The Hall–Kier alpha value is -2.36. The lowest BCUT2D eigenvalue weighted by Crippen LogP contribution is -1.64. The molecule has 4 heteroatoms. The molecule has 0 aliphatic carbocycles. The summed E-state index contributed by atoms with van der Waals surface area (Å²) >= 11 is 0. The second-order valence-electron chi connectivity index (χ2n) is 3.14. The van der Waals surface area contributed by atoms with Crippen LogP contribution in [-0.2, 0) is 0 Å². The largest absolute Gasteiger partial charge is 0.151 e. The molecule has 2 aromatic carbocycles. The van der Waals surface area contributed by atoms with E-state index in [1.165, 1.54) is 0 Å². The minimum absolute atomic E-state index is 0.388. The zero-order chi connectivity index (χ0) is 11.2. The Morgan fingerprint density at radius 2 is 1.12 bits per heavy atom. The van der Waals surface area contributed by atoms with Gasteiger partial charge in [-0.3, -0.25) is 0 Å². The third kappa shape index (κ3) is 2.57. The van der Waals surface area contributed by atoms with Gasteiger partial charge in [0.25, 0.3) is 0 Å². The molecule has 0 unspecified atom stereocenters. The summed E-state index contributed by atoms with van der Waals surface area (Å²) in [5.41, 5.74) is 1.87. The van der Waals surface area contributed by atoms with Crippen molar-refractivity contribution >= 4 is 17.1 Å². The van der Waals surface area contributed by atoms with E-state index in [2.05, 4.69) is 15.4 Å². The van der Waals surface area contributed by atoms with Gasteiger partial charge in [-0.05, 0) is 41.6 Å². The van der Waals surface area contributed by atoms with Crippen LogP contribution in [0.25, 0.3) is 0 Å². The Kier molecular flexibility index (Phi) is 3.13. The third-order valence-corrected chi connectivity index (χ3v) is 1.99. The van der Waals surface area contributed by atoms with Crippen LogP contribution in [0.1, 0.15) is 0 Å². The van der Waals surface area contributed by atoms with Gasteiger partial charge >= 0.3 is 0 Å². The molecule has 0 fully saturated rings. The molecule has 0 bridgehead atoms. The highest BCUT2D eigenvalue weighted by Crippen LogP contribution is 2.20. The fourth-order valence-corrected chi connectivity index (χ4v) is 1.19. The van der Waals surface area contributed by atoms with E-state index in [0.717, 1.165) is 5.69 Å². The van der Waals surface area contributed by atoms with E-state index in [4.69, 9.17) is 0 Å². The summed E-state index contributed by atoms with van der Waals surface area (Å²) in [6.07, 6.45) is 0. The van der Waals surface area contributed by atoms with Gasteiger partial charge < -0.3 is 0 Å². The normalized spacial score (nSPS) is 10.5. The number of nitrogens with zero attached hydrogens (tertiary/aromatic N) is 3. The molecule has 4 nitrogen and oxygen atoms in total. The van der Waals surface area contributed by atoms with Crippen LogP contribution in [0.15, 0.2) is 70.0 Å². The van der Waals surface area contributed by atoms with Crippen LogP contribution in [-0.4, -0.2) is 0 Å². The topological polar surface area (TPSA) is 54.1 Å². The van der Waals surface area contributed by atoms with Crippen molar-refractivity contribution in [2.45, 2.75) is 0 Å². The fourth-order valence-electron chi connectivity index (χ4n) is 1.19. The molecule has 0 N–H and O–H groups in total. The van der Waals surface area contributed by atoms with E-state index in [0.29, 0.717) is 11.4 Å². The van der Waals surface area contributed by atoms with E-state index in [1.54, 1.807) is 24.3 Å². The highest BCUT2D eigenvalue weighted by atomic mass is 16.3. The molecule has 0 radical (unpaired) electrons. The van der Waals surface area contributed by atoms with Crippen LogP contribution in [0.4, 0.5) is 17.1 Å². The van der Waals surface area contributed by atoms with E-state index >= 15 is 0 Å². The molecule has 2 aromatic rings. The van der Waals surface area contributed by atoms with E-state index in [-0.39, 0.29) is 0 Å². The molecule has 0 atom stereocenters. The van der Waals surface area contributed by atoms with Crippen molar-refractivity contribution in [2.75, 3.05) is 0 Å². The Bertz CT molecular complexity index is 491. The Morgan fingerprint density at radius 3 is 1.69 bits per heavy atom. The van der Waals surface area contributed by atoms with Crippen molar-refractivity contribution in [1.82, 2.24) is 0 Å². The monoisotopic (exact) mass is 211 g/mol. The number of azo groups is 1. The Morgan fingerprint density at radius 1 is 0.625 bits per heavy atom. The maximum atomic E-state index is 10.2. The van der Waals surface area contributed by atoms with Gasteiger partial charge in [-0.15, -0.1) is 4.91 Å². The van der Waals surface area contributed by atoms with Crippen LogP contribution in [0.2, 0.25) is 0 Å². The summed E-state index contributed by atoms with van der Waals surface area (Å²) < 4.78 is 0. The first-order valence-electron chi connectivity index (χ1n) is 4.79. The van der Waals surface area contributed by atoms with Gasteiger partial charge in [0.05, 0.1) is 11.4 Å². The Labute approximate surface area is 92.6 Å². The molecule has 0 saturated heterocycles. The third-order valence-electron chi connectivity index (χ3n) is 1.99. The fraction of sp³-hybridized carbons (Fsp3) is 0. The van der Waals surface area contributed by atoms with Crippen molar-refractivity contribution in [3.05, 3.63) is 59.5 Å². The minimum Gasteiger partial charge on any atom is -0.151 e. The molecule has 16 heavy (non-hydrogen) atoms. The van der Waals surface area contributed by atoms with Crippen LogP contribution >= 0.6 is 0 Å². The summed E-state index contributed by atoms with van der Waals surface area (Å²) in [7, 11) is 0. The summed E-state index contributed by atoms with van der Waals surface area (Å²) in [5.74, 6) is 0. The zero-order valence-corrected chi connectivity index (χ0v) is 8.45. The smallest absolute Gasteiger partial charge is 0.108 e. The van der Waals surface area contributed by atoms with Crippen LogP contribution < -0.4 is 0 Å². The van der Waals surface area contributed by atoms with Gasteiger partial charge in [0, 0.05) is 0 Å². The van der Waals surface area contributed by atoms with Crippen molar-refractivity contribution < 1.29 is 0 Å². The summed E-state index contributed by atoms with van der Waals surface area (Å²) in [5, 5.41) is 10.9. The second kappa shape index (κ2) is 4.93. The molecule has 0 spiro atoms. The quantitative estimate of drug-likeness (QED) is 0.544. The lowest BCUT2D eigenvalue weighted by Gasteiger charge is -1.92. The molecule has 2 rings (SSSR count). The molecule has 0 saturated carbocycles. The van der Waals surface area contributed by atoms with Crippen molar-refractivity contribution in [3.8, 4) is 0 Å². The van der Waals surface area contributed by atoms with Gasteiger partial charge in [-0.25, -0.2) is 0 Å².